The van der Waals surface area contributed by atoms with E-state index < -0.39 is 0 Å². The van der Waals surface area contributed by atoms with Crippen molar-refractivity contribution in [1.29, 1.82) is 0 Å². The Hall–Kier alpha value is -3.00. The molecule has 0 atom stereocenters. The van der Waals surface area contributed by atoms with Gasteiger partial charge in [-0.3, -0.25) is 0 Å². The summed E-state index contributed by atoms with van der Waals surface area (Å²) >= 11 is 0. The van der Waals surface area contributed by atoms with Crippen LogP contribution < -0.4 is 9.80 Å². The molecule has 2 aromatic rings. The molecular formula is C28H36N2. The molecule has 0 aromatic heterocycles. The molecule has 2 nitrogen and oxygen atoms in total. The highest BCUT2D eigenvalue weighted by atomic mass is 15.1. The first-order valence-corrected chi connectivity index (χ1v) is 11.0. The van der Waals surface area contributed by atoms with Crippen molar-refractivity contribution in [3.05, 3.63) is 103 Å². The fourth-order valence-electron chi connectivity index (χ4n) is 3.90. The van der Waals surface area contributed by atoms with E-state index in [1.165, 1.54) is 33.6 Å². The van der Waals surface area contributed by atoms with Crippen LogP contribution in [-0.2, 0) is 0 Å². The molecule has 0 spiro atoms. The smallest absolute Gasteiger partial charge is 0.0366 e. The van der Waals surface area contributed by atoms with Crippen molar-refractivity contribution < 1.29 is 0 Å². The SMILES string of the molecule is C=C.CCN(CC)c1ccc(C(=C2C=CC=C2)c2ccc(N(CC)CC)cc2)cc1. The van der Waals surface area contributed by atoms with Gasteiger partial charge < -0.3 is 9.80 Å². The van der Waals surface area contributed by atoms with Gasteiger partial charge in [-0.15, -0.1) is 13.2 Å². The molecule has 0 radical (unpaired) electrons. The van der Waals surface area contributed by atoms with E-state index in [0.717, 1.165) is 26.2 Å². The van der Waals surface area contributed by atoms with Crippen LogP contribution in [0.25, 0.3) is 5.57 Å². The molecule has 0 unspecified atom stereocenters. The van der Waals surface area contributed by atoms with Crippen LogP contribution in [0, 0.1) is 0 Å². The summed E-state index contributed by atoms with van der Waals surface area (Å²) in [6.45, 7) is 18.9. The molecule has 1 aliphatic rings. The first kappa shape index (κ1) is 23.3. The predicted molar refractivity (Wildman–Crippen MR) is 136 cm³/mol. The highest BCUT2D eigenvalue weighted by molar-refractivity contribution is 5.87. The summed E-state index contributed by atoms with van der Waals surface area (Å²) in [5.74, 6) is 0. The quantitative estimate of drug-likeness (QED) is 0.436. The third-order valence-corrected chi connectivity index (χ3v) is 5.52. The molecule has 158 valence electrons. The zero-order valence-corrected chi connectivity index (χ0v) is 19.1. The summed E-state index contributed by atoms with van der Waals surface area (Å²) in [6, 6.07) is 18.0. The summed E-state index contributed by atoms with van der Waals surface area (Å²) in [5.41, 5.74) is 7.66. The number of benzene rings is 2. The molecule has 0 N–H and O–H groups in total. The van der Waals surface area contributed by atoms with Gasteiger partial charge in [-0.05, 0) is 74.2 Å². The third kappa shape index (κ3) is 5.33. The van der Waals surface area contributed by atoms with Crippen LogP contribution in [0.2, 0.25) is 0 Å². The van der Waals surface area contributed by atoms with Crippen LogP contribution in [0.4, 0.5) is 11.4 Å². The molecule has 30 heavy (non-hydrogen) atoms. The standard InChI is InChI=1S/C26H32N2.C2H4/c1-5-27(6-2)24-17-13-22(14-18-24)26(21-11-9-10-12-21)23-15-19-25(20-16-23)28(7-3)8-4;1-2/h9-20H,5-8H2,1-4H3;1-2H2. The van der Waals surface area contributed by atoms with Crippen LogP contribution in [0.3, 0.4) is 0 Å². The maximum Gasteiger partial charge on any atom is 0.0366 e. The van der Waals surface area contributed by atoms with Crippen molar-refractivity contribution >= 4 is 16.9 Å². The second kappa shape index (κ2) is 11.9. The van der Waals surface area contributed by atoms with Crippen molar-refractivity contribution in [3.63, 3.8) is 0 Å². The normalized spacial score (nSPS) is 11.8. The zero-order chi connectivity index (χ0) is 21.9. The fourth-order valence-corrected chi connectivity index (χ4v) is 3.90. The molecule has 0 fully saturated rings. The van der Waals surface area contributed by atoms with Gasteiger partial charge in [0.05, 0.1) is 0 Å². The fraction of sp³-hybridized carbons (Fsp3) is 0.286. The number of allylic oxidation sites excluding steroid dienone is 5. The first-order valence-electron chi connectivity index (χ1n) is 11.0. The number of anilines is 2. The summed E-state index contributed by atoms with van der Waals surface area (Å²) < 4.78 is 0. The Balaban J connectivity index is 0.00000155. The Kier molecular flexibility index (Phi) is 9.21. The number of hydrogen-bond donors (Lipinski definition) is 0. The molecule has 0 saturated carbocycles. The van der Waals surface area contributed by atoms with Crippen LogP contribution in [0.1, 0.15) is 38.8 Å². The maximum absolute atomic E-state index is 3.00. The van der Waals surface area contributed by atoms with E-state index in [1.807, 2.05) is 0 Å². The Morgan fingerprint density at radius 2 is 0.933 bits per heavy atom. The maximum atomic E-state index is 3.00. The Labute approximate surface area is 183 Å². The molecule has 0 saturated heterocycles. The van der Waals surface area contributed by atoms with Crippen LogP contribution in [-0.4, -0.2) is 26.2 Å². The second-order valence-corrected chi connectivity index (χ2v) is 6.99. The van der Waals surface area contributed by atoms with Gasteiger partial charge in [-0.2, -0.15) is 0 Å². The lowest BCUT2D eigenvalue weighted by Gasteiger charge is -2.22. The Morgan fingerprint density at radius 3 is 1.23 bits per heavy atom. The molecule has 3 rings (SSSR count). The van der Waals surface area contributed by atoms with E-state index in [-0.39, 0.29) is 0 Å². The van der Waals surface area contributed by atoms with Crippen molar-refractivity contribution in [3.8, 4) is 0 Å². The average Bonchev–Trinajstić information content (AvgIpc) is 3.33. The molecule has 0 amide bonds. The van der Waals surface area contributed by atoms with Gasteiger partial charge in [0, 0.05) is 37.6 Å². The van der Waals surface area contributed by atoms with Gasteiger partial charge >= 0.3 is 0 Å². The topological polar surface area (TPSA) is 6.48 Å². The lowest BCUT2D eigenvalue weighted by Crippen LogP contribution is -2.21. The monoisotopic (exact) mass is 400 g/mol. The van der Waals surface area contributed by atoms with E-state index in [0.29, 0.717) is 0 Å². The van der Waals surface area contributed by atoms with Crippen LogP contribution in [0.5, 0.6) is 0 Å². The summed E-state index contributed by atoms with van der Waals surface area (Å²) in [5, 5.41) is 0. The summed E-state index contributed by atoms with van der Waals surface area (Å²) in [6.07, 6.45) is 8.63. The van der Waals surface area contributed by atoms with Gasteiger partial charge in [0.15, 0.2) is 0 Å². The molecule has 2 heteroatoms. The lowest BCUT2D eigenvalue weighted by molar-refractivity contribution is 0.866. The molecule has 1 aliphatic carbocycles. The van der Waals surface area contributed by atoms with E-state index in [1.54, 1.807) is 0 Å². The average molecular weight is 401 g/mol. The molecule has 2 aromatic carbocycles. The largest absolute Gasteiger partial charge is 0.372 e. The van der Waals surface area contributed by atoms with Crippen molar-refractivity contribution in [2.24, 2.45) is 0 Å². The lowest BCUT2D eigenvalue weighted by atomic mass is 9.93. The number of rotatable bonds is 8. The van der Waals surface area contributed by atoms with E-state index >= 15 is 0 Å². The highest BCUT2D eigenvalue weighted by Crippen LogP contribution is 2.32. The first-order chi connectivity index (χ1) is 14.7. The minimum absolute atomic E-state index is 1.03. The highest BCUT2D eigenvalue weighted by Gasteiger charge is 2.12. The molecule has 0 bridgehead atoms. The van der Waals surface area contributed by atoms with Gasteiger partial charge in [0.2, 0.25) is 0 Å². The van der Waals surface area contributed by atoms with E-state index in [2.05, 4.69) is 123 Å². The number of hydrogen-bond acceptors (Lipinski definition) is 2. The Bertz CT molecular complexity index is 790. The van der Waals surface area contributed by atoms with E-state index in [4.69, 9.17) is 0 Å². The van der Waals surface area contributed by atoms with Crippen molar-refractivity contribution in [1.82, 2.24) is 0 Å². The summed E-state index contributed by atoms with van der Waals surface area (Å²) in [7, 11) is 0. The number of nitrogens with zero attached hydrogens (tertiary/aromatic N) is 2. The van der Waals surface area contributed by atoms with Crippen LogP contribution >= 0.6 is 0 Å². The molecule has 0 heterocycles. The van der Waals surface area contributed by atoms with Crippen molar-refractivity contribution in [2.75, 3.05) is 36.0 Å². The zero-order valence-electron chi connectivity index (χ0n) is 19.1. The predicted octanol–water partition coefficient (Wildman–Crippen LogP) is 7.11. The van der Waals surface area contributed by atoms with Gasteiger partial charge in [-0.25, -0.2) is 0 Å². The van der Waals surface area contributed by atoms with Gasteiger partial charge in [-0.1, -0.05) is 48.6 Å². The molecule has 0 aliphatic heterocycles. The van der Waals surface area contributed by atoms with Crippen molar-refractivity contribution in [2.45, 2.75) is 27.7 Å². The second-order valence-electron chi connectivity index (χ2n) is 6.99. The summed E-state index contributed by atoms with van der Waals surface area (Å²) in [4.78, 5) is 4.76. The van der Waals surface area contributed by atoms with Gasteiger partial charge in [0.25, 0.3) is 0 Å². The minimum atomic E-state index is 1.03. The minimum Gasteiger partial charge on any atom is -0.372 e. The van der Waals surface area contributed by atoms with E-state index in [9.17, 15) is 0 Å². The Morgan fingerprint density at radius 1 is 0.600 bits per heavy atom. The van der Waals surface area contributed by atoms with Gasteiger partial charge in [0.1, 0.15) is 0 Å². The van der Waals surface area contributed by atoms with Crippen LogP contribution in [0.15, 0.2) is 91.6 Å². The third-order valence-electron chi connectivity index (χ3n) is 5.52. The molecular weight excluding hydrogens is 364 g/mol.